The summed E-state index contributed by atoms with van der Waals surface area (Å²) in [7, 11) is 0. The predicted octanol–water partition coefficient (Wildman–Crippen LogP) is 4.69. The van der Waals surface area contributed by atoms with Gasteiger partial charge < -0.3 is 14.6 Å². The lowest BCUT2D eigenvalue weighted by Crippen LogP contribution is -2.33. The summed E-state index contributed by atoms with van der Waals surface area (Å²) in [6.45, 7) is 1.68. The number of halogens is 2. The number of benzene rings is 2. The number of carbonyl (C=O) groups excluding carboxylic acids is 2. The van der Waals surface area contributed by atoms with Crippen LogP contribution >= 0.6 is 27.7 Å². The van der Waals surface area contributed by atoms with Gasteiger partial charge in [0.1, 0.15) is 19.0 Å². The third-order valence-electron chi connectivity index (χ3n) is 4.12. The maximum absolute atomic E-state index is 13.1. The Labute approximate surface area is 189 Å². The van der Waals surface area contributed by atoms with E-state index >= 15 is 0 Å². The lowest BCUT2D eigenvalue weighted by atomic mass is 10.1. The van der Waals surface area contributed by atoms with Crippen LogP contribution in [0.1, 0.15) is 18.1 Å². The largest absolute Gasteiger partial charge is 0.490 e. The summed E-state index contributed by atoms with van der Waals surface area (Å²) in [6, 6.07) is 9.25. The minimum atomic E-state index is -1.27. The molecule has 7 nitrogen and oxygen atoms in total. The lowest BCUT2D eigenvalue weighted by Gasteiger charge is -2.14. The lowest BCUT2D eigenvalue weighted by molar-refractivity contribution is -0.140. The molecule has 1 aliphatic rings. The van der Waals surface area contributed by atoms with Gasteiger partial charge in [0.25, 0.3) is 11.1 Å². The summed E-state index contributed by atoms with van der Waals surface area (Å²) in [5.74, 6) is -1.42. The van der Waals surface area contributed by atoms with Crippen molar-refractivity contribution in [3.8, 4) is 11.5 Å². The number of nitrogens with zero attached hydrogens (tertiary/aromatic N) is 1. The molecule has 1 N–H and O–H groups in total. The first-order chi connectivity index (χ1) is 14.8. The third kappa shape index (κ3) is 5.65. The van der Waals surface area contributed by atoms with Crippen molar-refractivity contribution in [1.82, 2.24) is 4.90 Å². The van der Waals surface area contributed by atoms with Gasteiger partial charge in [-0.15, -0.1) is 0 Å². The molecule has 2 amide bonds. The zero-order chi connectivity index (χ0) is 22.5. The highest BCUT2D eigenvalue weighted by Gasteiger charge is 2.36. The Morgan fingerprint density at radius 1 is 1.19 bits per heavy atom. The van der Waals surface area contributed by atoms with Crippen LogP contribution < -0.4 is 9.47 Å². The topological polar surface area (TPSA) is 93.1 Å². The molecule has 1 saturated heterocycles. The van der Waals surface area contributed by atoms with Crippen LogP contribution in [0.4, 0.5) is 9.18 Å². The van der Waals surface area contributed by atoms with Gasteiger partial charge in [-0.05, 0) is 60.2 Å². The smallest absolute Gasteiger partial charge is 0.323 e. The van der Waals surface area contributed by atoms with E-state index in [0.29, 0.717) is 44.8 Å². The number of rotatable bonds is 8. The van der Waals surface area contributed by atoms with Gasteiger partial charge in [0.15, 0.2) is 11.5 Å². The molecule has 2 aromatic rings. The van der Waals surface area contributed by atoms with Crippen molar-refractivity contribution in [2.24, 2.45) is 0 Å². The Morgan fingerprint density at radius 3 is 2.52 bits per heavy atom. The number of hydrogen-bond donors (Lipinski definition) is 1. The van der Waals surface area contributed by atoms with Gasteiger partial charge in [-0.25, -0.2) is 4.39 Å². The quantitative estimate of drug-likeness (QED) is 0.516. The second-order valence-electron chi connectivity index (χ2n) is 6.33. The Hall–Kier alpha value is -2.85. The van der Waals surface area contributed by atoms with E-state index in [1.165, 1.54) is 18.2 Å². The molecular formula is C21H17BrFNO6S. The number of aliphatic carboxylic acids is 1. The van der Waals surface area contributed by atoms with Gasteiger partial charge in [0.05, 0.1) is 11.5 Å². The zero-order valence-corrected chi connectivity index (χ0v) is 18.7. The van der Waals surface area contributed by atoms with Crippen LogP contribution in [0.5, 0.6) is 11.5 Å². The van der Waals surface area contributed by atoms with Gasteiger partial charge in [-0.3, -0.25) is 19.3 Å². The van der Waals surface area contributed by atoms with Crippen LogP contribution in [0, 0.1) is 5.82 Å². The Kier molecular flexibility index (Phi) is 7.34. The molecule has 10 heteroatoms. The number of carboxylic acid groups (broad SMARTS) is 1. The summed E-state index contributed by atoms with van der Waals surface area (Å²) in [6.07, 6.45) is 1.49. The highest BCUT2D eigenvalue weighted by molar-refractivity contribution is 9.10. The van der Waals surface area contributed by atoms with E-state index in [-0.39, 0.29) is 17.3 Å². The molecule has 0 unspecified atom stereocenters. The van der Waals surface area contributed by atoms with Gasteiger partial charge in [-0.1, -0.05) is 28.1 Å². The second-order valence-corrected chi connectivity index (χ2v) is 8.18. The van der Waals surface area contributed by atoms with Crippen molar-refractivity contribution in [1.29, 1.82) is 0 Å². The van der Waals surface area contributed by atoms with Crippen molar-refractivity contribution >= 4 is 50.9 Å². The Bertz CT molecular complexity index is 1060. The van der Waals surface area contributed by atoms with Gasteiger partial charge >= 0.3 is 5.97 Å². The monoisotopic (exact) mass is 509 g/mol. The summed E-state index contributed by atoms with van der Waals surface area (Å²) >= 11 is 4.09. The van der Waals surface area contributed by atoms with Crippen LogP contribution in [0.25, 0.3) is 6.08 Å². The van der Waals surface area contributed by atoms with Gasteiger partial charge in [0.2, 0.25) is 0 Å². The minimum absolute atomic E-state index is 0.106. The molecule has 162 valence electrons. The average Bonchev–Trinajstić information content (AvgIpc) is 2.97. The molecule has 0 aromatic heterocycles. The second kappa shape index (κ2) is 9.97. The first-order valence-electron chi connectivity index (χ1n) is 9.09. The van der Waals surface area contributed by atoms with Crippen LogP contribution in [-0.2, 0) is 16.2 Å². The molecule has 0 bridgehead atoms. The fourth-order valence-electron chi connectivity index (χ4n) is 2.70. The number of carboxylic acids is 1. The Morgan fingerprint density at radius 2 is 1.87 bits per heavy atom. The fraction of sp³-hybridized carbons (Fsp3) is 0.190. The zero-order valence-electron chi connectivity index (χ0n) is 16.3. The third-order valence-corrected chi connectivity index (χ3v) is 5.72. The molecule has 3 rings (SSSR count). The molecule has 31 heavy (non-hydrogen) atoms. The fourth-order valence-corrected chi connectivity index (χ4v) is 3.96. The first-order valence-corrected chi connectivity index (χ1v) is 10.7. The van der Waals surface area contributed by atoms with Crippen molar-refractivity contribution < 1.29 is 33.4 Å². The molecule has 0 atom stereocenters. The molecule has 1 fully saturated rings. The van der Waals surface area contributed by atoms with E-state index in [4.69, 9.17) is 14.6 Å². The van der Waals surface area contributed by atoms with Crippen LogP contribution in [0.3, 0.4) is 0 Å². The molecule has 1 aliphatic heterocycles. The number of thioether (sulfide) groups is 1. The van der Waals surface area contributed by atoms with E-state index < -0.39 is 23.7 Å². The standard InChI is InChI=1S/C21H17BrFNO6S/c1-2-29-16-7-13(8-18-20(27)24(10-19(25)26)21(28)31-18)15(22)9-17(16)30-11-12-3-5-14(23)6-4-12/h3-9H,2,10-11H2,1H3,(H,25,26)/b18-8+. The Balaban J connectivity index is 1.85. The maximum Gasteiger partial charge on any atom is 0.323 e. The average molecular weight is 510 g/mol. The molecule has 1 heterocycles. The van der Waals surface area contributed by atoms with Crippen molar-refractivity contribution in [3.05, 3.63) is 62.7 Å². The maximum atomic E-state index is 13.1. The van der Waals surface area contributed by atoms with E-state index in [1.807, 2.05) is 6.92 Å². The molecule has 0 saturated carbocycles. The molecule has 0 aliphatic carbocycles. The summed E-state index contributed by atoms with van der Waals surface area (Å²) < 4.78 is 25.1. The van der Waals surface area contributed by atoms with E-state index in [2.05, 4.69) is 15.9 Å². The molecule has 0 spiro atoms. The first kappa shape index (κ1) is 22.8. The summed E-state index contributed by atoms with van der Waals surface area (Å²) in [5, 5.41) is 8.23. The van der Waals surface area contributed by atoms with Crippen molar-refractivity contribution in [2.45, 2.75) is 13.5 Å². The number of amides is 2. The number of imide groups is 1. The SMILES string of the molecule is CCOc1cc(/C=C2/SC(=O)N(CC(=O)O)C2=O)c(Br)cc1OCc1ccc(F)cc1. The number of carbonyl (C=O) groups is 3. The molecule has 2 aromatic carbocycles. The van der Waals surface area contributed by atoms with Crippen LogP contribution in [-0.4, -0.2) is 40.3 Å². The molecule has 0 radical (unpaired) electrons. The van der Waals surface area contributed by atoms with Gasteiger partial charge in [-0.2, -0.15) is 0 Å². The summed E-state index contributed by atoms with van der Waals surface area (Å²) in [5.41, 5.74) is 1.33. The highest BCUT2D eigenvalue weighted by Crippen LogP contribution is 2.38. The van der Waals surface area contributed by atoms with Crippen molar-refractivity contribution in [2.75, 3.05) is 13.2 Å². The number of hydrogen-bond acceptors (Lipinski definition) is 6. The van der Waals surface area contributed by atoms with E-state index in [9.17, 15) is 18.8 Å². The van der Waals surface area contributed by atoms with Crippen LogP contribution in [0.2, 0.25) is 0 Å². The van der Waals surface area contributed by atoms with Crippen LogP contribution in [0.15, 0.2) is 45.8 Å². The van der Waals surface area contributed by atoms with E-state index in [1.54, 1.807) is 24.3 Å². The molecular weight excluding hydrogens is 493 g/mol. The summed E-state index contributed by atoms with van der Waals surface area (Å²) in [4.78, 5) is 36.0. The van der Waals surface area contributed by atoms with Gasteiger partial charge in [0, 0.05) is 4.47 Å². The van der Waals surface area contributed by atoms with E-state index in [0.717, 1.165) is 5.56 Å². The minimum Gasteiger partial charge on any atom is -0.490 e. The normalized spacial score (nSPS) is 14.9. The van der Waals surface area contributed by atoms with Crippen molar-refractivity contribution in [3.63, 3.8) is 0 Å². The highest BCUT2D eigenvalue weighted by atomic mass is 79.9. The predicted molar refractivity (Wildman–Crippen MR) is 116 cm³/mol. The number of ether oxygens (including phenoxy) is 2.